The van der Waals surface area contributed by atoms with Crippen LogP contribution in [0.25, 0.3) is 11.0 Å². The van der Waals surface area contributed by atoms with Crippen molar-refractivity contribution >= 4 is 11.0 Å². The van der Waals surface area contributed by atoms with E-state index in [9.17, 15) is 9.50 Å². The molecule has 0 saturated carbocycles. The molecule has 0 amide bonds. The largest absolute Gasteiger partial charge is 0.464 e. The first-order valence-electron chi connectivity index (χ1n) is 5.65. The van der Waals surface area contributed by atoms with Crippen LogP contribution in [0.1, 0.15) is 17.2 Å². The van der Waals surface area contributed by atoms with Gasteiger partial charge in [-0.25, -0.2) is 4.39 Å². The zero-order valence-corrected chi connectivity index (χ0v) is 9.51. The standard InChI is InChI=1S/C15H11FO2/c16-11-5-3-4-10(8-11)15(17)13-9-18-14-7-2-1-6-12(13)14/h1-9,15,17H. The van der Waals surface area contributed by atoms with E-state index in [1.165, 1.54) is 18.4 Å². The number of rotatable bonds is 2. The molecule has 0 aliphatic rings. The molecule has 1 aromatic heterocycles. The van der Waals surface area contributed by atoms with Crippen LogP contribution in [-0.4, -0.2) is 5.11 Å². The van der Waals surface area contributed by atoms with Crippen LogP contribution in [0, 0.1) is 5.82 Å². The molecule has 3 rings (SSSR count). The molecular formula is C15H11FO2. The molecule has 1 heterocycles. The van der Waals surface area contributed by atoms with Crippen LogP contribution in [0.5, 0.6) is 0 Å². The molecule has 3 aromatic rings. The van der Waals surface area contributed by atoms with E-state index in [0.717, 1.165) is 5.39 Å². The molecule has 0 aliphatic heterocycles. The second kappa shape index (κ2) is 4.27. The quantitative estimate of drug-likeness (QED) is 0.744. The van der Waals surface area contributed by atoms with Gasteiger partial charge in [-0.05, 0) is 23.8 Å². The minimum Gasteiger partial charge on any atom is -0.464 e. The number of hydrogen-bond acceptors (Lipinski definition) is 2. The van der Waals surface area contributed by atoms with Crippen LogP contribution < -0.4 is 0 Å². The Morgan fingerprint density at radius 2 is 1.89 bits per heavy atom. The van der Waals surface area contributed by atoms with Gasteiger partial charge in [0.05, 0.1) is 6.26 Å². The second-order valence-electron chi connectivity index (χ2n) is 4.14. The van der Waals surface area contributed by atoms with Gasteiger partial charge in [0.15, 0.2) is 0 Å². The molecular weight excluding hydrogens is 231 g/mol. The van der Waals surface area contributed by atoms with E-state index < -0.39 is 6.10 Å². The SMILES string of the molecule is OC(c1cccc(F)c1)c1coc2ccccc12. The van der Waals surface area contributed by atoms with Gasteiger partial charge in [0.25, 0.3) is 0 Å². The van der Waals surface area contributed by atoms with Crippen LogP contribution in [0.15, 0.2) is 59.2 Å². The van der Waals surface area contributed by atoms with Crippen LogP contribution in [0.2, 0.25) is 0 Å². The van der Waals surface area contributed by atoms with Gasteiger partial charge in [-0.15, -0.1) is 0 Å². The number of halogens is 1. The molecule has 1 unspecified atom stereocenters. The fraction of sp³-hybridized carbons (Fsp3) is 0.0667. The summed E-state index contributed by atoms with van der Waals surface area (Å²) in [6.07, 6.45) is 0.629. The predicted octanol–water partition coefficient (Wildman–Crippen LogP) is 3.65. The Labute approximate surface area is 103 Å². The lowest BCUT2D eigenvalue weighted by atomic mass is 10.0. The number of benzene rings is 2. The molecule has 3 heteroatoms. The minimum atomic E-state index is -0.885. The van der Waals surface area contributed by atoms with Crippen molar-refractivity contribution in [3.63, 3.8) is 0 Å². The Balaban J connectivity index is 2.09. The van der Waals surface area contributed by atoms with Gasteiger partial charge in [-0.2, -0.15) is 0 Å². The fourth-order valence-electron chi connectivity index (χ4n) is 2.07. The lowest BCUT2D eigenvalue weighted by molar-refractivity contribution is 0.220. The van der Waals surface area contributed by atoms with Crippen molar-refractivity contribution in [2.24, 2.45) is 0 Å². The summed E-state index contributed by atoms with van der Waals surface area (Å²) in [6, 6.07) is 13.4. The van der Waals surface area contributed by atoms with Gasteiger partial charge < -0.3 is 9.52 Å². The van der Waals surface area contributed by atoms with Gasteiger partial charge in [-0.1, -0.05) is 30.3 Å². The van der Waals surface area contributed by atoms with E-state index >= 15 is 0 Å². The van der Waals surface area contributed by atoms with Crippen molar-refractivity contribution in [1.29, 1.82) is 0 Å². The van der Waals surface area contributed by atoms with Gasteiger partial charge >= 0.3 is 0 Å². The molecule has 2 nitrogen and oxygen atoms in total. The first-order chi connectivity index (χ1) is 8.75. The maximum absolute atomic E-state index is 13.1. The minimum absolute atomic E-state index is 0.362. The van der Waals surface area contributed by atoms with E-state index in [-0.39, 0.29) is 5.82 Å². The Morgan fingerprint density at radius 3 is 2.72 bits per heavy atom. The summed E-state index contributed by atoms with van der Waals surface area (Å²) in [6.45, 7) is 0. The molecule has 0 saturated heterocycles. The molecule has 0 bridgehead atoms. The smallest absolute Gasteiger partial charge is 0.134 e. The number of hydrogen-bond donors (Lipinski definition) is 1. The Kier molecular flexibility index (Phi) is 2.61. The molecule has 0 radical (unpaired) electrons. The number of para-hydroxylation sites is 1. The van der Waals surface area contributed by atoms with Crippen molar-refractivity contribution in [3.8, 4) is 0 Å². The van der Waals surface area contributed by atoms with Gasteiger partial charge in [0.2, 0.25) is 0 Å². The average Bonchev–Trinajstić information content (AvgIpc) is 2.82. The van der Waals surface area contributed by atoms with Crippen LogP contribution in [-0.2, 0) is 0 Å². The highest BCUT2D eigenvalue weighted by molar-refractivity contribution is 5.81. The first kappa shape index (κ1) is 11.0. The van der Waals surface area contributed by atoms with Crippen molar-refractivity contribution in [3.05, 3.63) is 71.7 Å². The van der Waals surface area contributed by atoms with E-state index in [1.54, 1.807) is 12.1 Å². The highest BCUT2D eigenvalue weighted by atomic mass is 19.1. The van der Waals surface area contributed by atoms with E-state index in [1.807, 2.05) is 24.3 Å². The maximum atomic E-state index is 13.1. The summed E-state index contributed by atoms with van der Waals surface area (Å²) >= 11 is 0. The molecule has 90 valence electrons. The van der Waals surface area contributed by atoms with Gasteiger partial charge in [0, 0.05) is 10.9 Å². The third-order valence-corrected chi connectivity index (χ3v) is 2.97. The summed E-state index contributed by atoms with van der Waals surface area (Å²) in [5.74, 6) is -0.362. The number of furan rings is 1. The Hall–Kier alpha value is -2.13. The van der Waals surface area contributed by atoms with Crippen LogP contribution >= 0.6 is 0 Å². The summed E-state index contributed by atoms with van der Waals surface area (Å²) < 4.78 is 18.5. The van der Waals surface area contributed by atoms with Crippen molar-refractivity contribution in [1.82, 2.24) is 0 Å². The number of fused-ring (bicyclic) bond motifs is 1. The lowest BCUT2D eigenvalue weighted by Gasteiger charge is -2.09. The lowest BCUT2D eigenvalue weighted by Crippen LogP contribution is -1.98. The number of aliphatic hydroxyl groups excluding tert-OH is 1. The third kappa shape index (κ3) is 1.79. The van der Waals surface area contributed by atoms with Crippen LogP contribution in [0.4, 0.5) is 4.39 Å². The van der Waals surface area contributed by atoms with E-state index in [4.69, 9.17) is 4.42 Å². The molecule has 1 atom stereocenters. The first-order valence-corrected chi connectivity index (χ1v) is 5.65. The average molecular weight is 242 g/mol. The van der Waals surface area contributed by atoms with Crippen LogP contribution in [0.3, 0.4) is 0 Å². The third-order valence-electron chi connectivity index (χ3n) is 2.97. The molecule has 0 fully saturated rings. The summed E-state index contributed by atoms with van der Waals surface area (Å²) in [5, 5.41) is 11.1. The second-order valence-corrected chi connectivity index (χ2v) is 4.14. The van der Waals surface area contributed by atoms with Gasteiger partial charge in [0.1, 0.15) is 17.5 Å². The summed E-state index contributed by atoms with van der Waals surface area (Å²) in [5.41, 5.74) is 1.88. The molecule has 0 spiro atoms. The highest BCUT2D eigenvalue weighted by Crippen LogP contribution is 2.30. The maximum Gasteiger partial charge on any atom is 0.134 e. The normalized spacial score (nSPS) is 12.8. The van der Waals surface area contributed by atoms with E-state index in [2.05, 4.69) is 0 Å². The molecule has 1 N–H and O–H groups in total. The summed E-state index contributed by atoms with van der Waals surface area (Å²) in [7, 11) is 0. The van der Waals surface area contributed by atoms with Crippen molar-refractivity contribution in [2.75, 3.05) is 0 Å². The predicted molar refractivity (Wildman–Crippen MR) is 66.7 cm³/mol. The Bertz CT molecular complexity index is 688. The summed E-state index contributed by atoms with van der Waals surface area (Å²) in [4.78, 5) is 0. The molecule has 18 heavy (non-hydrogen) atoms. The van der Waals surface area contributed by atoms with Crippen molar-refractivity contribution in [2.45, 2.75) is 6.10 Å². The van der Waals surface area contributed by atoms with Crippen molar-refractivity contribution < 1.29 is 13.9 Å². The monoisotopic (exact) mass is 242 g/mol. The van der Waals surface area contributed by atoms with E-state index in [0.29, 0.717) is 16.7 Å². The highest BCUT2D eigenvalue weighted by Gasteiger charge is 2.16. The Morgan fingerprint density at radius 1 is 1.06 bits per heavy atom. The topological polar surface area (TPSA) is 33.4 Å². The zero-order valence-electron chi connectivity index (χ0n) is 9.51. The zero-order chi connectivity index (χ0) is 12.5. The fourth-order valence-corrected chi connectivity index (χ4v) is 2.07. The number of aliphatic hydroxyl groups is 1. The van der Waals surface area contributed by atoms with Gasteiger partial charge in [-0.3, -0.25) is 0 Å². The molecule has 2 aromatic carbocycles. The molecule has 0 aliphatic carbocycles.